The van der Waals surface area contributed by atoms with Crippen LogP contribution in [0.15, 0.2) is 70.4 Å². The van der Waals surface area contributed by atoms with E-state index >= 15 is 0 Å². The number of methoxy groups -OCH3 is 1. The summed E-state index contributed by atoms with van der Waals surface area (Å²) in [5.41, 5.74) is 0.477. The maximum absolute atomic E-state index is 14.3. The predicted octanol–water partition coefficient (Wildman–Crippen LogP) is 3.45. The van der Waals surface area contributed by atoms with Crippen molar-refractivity contribution in [1.82, 2.24) is 9.13 Å². The van der Waals surface area contributed by atoms with Crippen molar-refractivity contribution in [3.8, 4) is 5.75 Å². The molecule has 1 fully saturated rings. The lowest BCUT2D eigenvalue weighted by Crippen LogP contribution is -2.43. The fourth-order valence-electron chi connectivity index (χ4n) is 4.16. The first kappa shape index (κ1) is 22.0. The Balaban J connectivity index is 1.35. The van der Waals surface area contributed by atoms with Crippen LogP contribution in [0.25, 0.3) is 0 Å². The Morgan fingerprint density at radius 2 is 1.69 bits per heavy atom. The standard InChI is InChI=1S/C25H27FN2O4/c1-31-22-9-7-18(8-10-22)14-28-24(29)23(26)15-27(25(28)30)13-20-11-21(12-20)17-32-16-19-5-3-2-4-6-19/h2-10,15,20-21H,11-14,16-17H2,1H3. The van der Waals surface area contributed by atoms with E-state index in [1.165, 1.54) is 4.57 Å². The highest BCUT2D eigenvalue weighted by Gasteiger charge is 2.30. The van der Waals surface area contributed by atoms with Gasteiger partial charge in [0.15, 0.2) is 0 Å². The van der Waals surface area contributed by atoms with Crippen molar-refractivity contribution in [3.63, 3.8) is 0 Å². The normalized spacial score (nSPS) is 17.7. The fourth-order valence-corrected chi connectivity index (χ4v) is 4.16. The number of hydrogen-bond donors (Lipinski definition) is 0. The largest absolute Gasteiger partial charge is 0.497 e. The molecular weight excluding hydrogens is 411 g/mol. The van der Waals surface area contributed by atoms with Crippen molar-refractivity contribution < 1.29 is 13.9 Å². The van der Waals surface area contributed by atoms with E-state index in [0.717, 1.165) is 34.7 Å². The van der Waals surface area contributed by atoms with Crippen molar-refractivity contribution >= 4 is 0 Å². The monoisotopic (exact) mass is 438 g/mol. The van der Waals surface area contributed by atoms with E-state index in [1.54, 1.807) is 31.4 Å². The summed E-state index contributed by atoms with van der Waals surface area (Å²) in [6, 6.07) is 17.0. The molecule has 7 heteroatoms. The zero-order chi connectivity index (χ0) is 22.5. The van der Waals surface area contributed by atoms with Crippen molar-refractivity contribution in [2.75, 3.05) is 13.7 Å². The third-order valence-corrected chi connectivity index (χ3v) is 5.95. The average Bonchev–Trinajstić information content (AvgIpc) is 2.79. The average molecular weight is 438 g/mol. The van der Waals surface area contributed by atoms with Crippen molar-refractivity contribution in [2.24, 2.45) is 11.8 Å². The molecule has 4 rings (SSSR count). The summed E-state index contributed by atoms with van der Waals surface area (Å²) in [5.74, 6) is 0.462. The molecule has 32 heavy (non-hydrogen) atoms. The minimum Gasteiger partial charge on any atom is -0.497 e. The lowest BCUT2D eigenvalue weighted by molar-refractivity contribution is 0.0296. The summed E-state index contributed by atoms with van der Waals surface area (Å²) in [6.07, 6.45) is 2.87. The molecule has 1 aliphatic carbocycles. The third-order valence-electron chi connectivity index (χ3n) is 5.95. The van der Waals surface area contributed by atoms with Gasteiger partial charge in [-0.05, 0) is 47.9 Å². The van der Waals surface area contributed by atoms with Crippen LogP contribution in [0.3, 0.4) is 0 Å². The molecule has 0 bridgehead atoms. The Hall–Kier alpha value is -3.19. The van der Waals surface area contributed by atoms with Crippen molar-refractivity contribution in [2.45, 2.75) is 32.5 Å². The Labute approximate surface area is 185 Å². The Morgan fingerprint density at radius 1 is 0.969 bits per heavy atom. The first-order valence-electron chi connectivity index (χ1n) is 10.8. The molecule has 0 aliphatic heterocycles. The van der Waals surface area contributed by atoms with Crippen LogP contribution in [0.4, 0.5) is 4.39 Å². The number of rotatable bonds is 9. The van der Waals surface area contributed by atoms with Crippen LogP contribution >= 0.6 is 0 Å². The molecule has 0 unspecified atom stereocenters. The van der Waals surface area contributed by atoms with Gasteiger partial charge in [0.25, 0.3) is 5.56 Å². The highest BCUT2D eigenvalue weighted by molar-refractivity contribution is 5.27. The van der Waals surface area contributed by atoms with Gasteiger partial charge >= 0.3 is 5.69 Å². The molecule has 1 saturated carbocycles. The van der Waals surface area contributed by atoms with E-state index in [2.05, 4.69) is 0 Å². The lowest BCUT2D eigenvalue weighted by Gasteiger charge is -2.35. The van der Waals surface area contributed by atoms with E-state index in [9.17, 15) is 14.0 Å². The zero-order valence-electron chi connectivity index (χ0n) is 18.1. The van der Waals surface area contributed by atoms with Gasteiger partial charge in [-0.1, -0.05) is 42.5 Å². The van der Waals surface area contributed by atoms with E-state index in [-0.39, 0.29) is 12.5 Å². The van der Waals surface area contributed by atoms with Gasteiger partial charge < -0.3 is 9.47 Å². The molecule has 1 heterocycles. The summed E-state index contributed by atoms with van der Waals surface area (Å²) >= 11 is 0. The van der Waals surface area contributed by atoms with Gasteiger partial charge in [-0.2, -0.15) is 4.39 Å². The van der Waals surface area contributed by atoms with Gasteiger partial charge in [-0.15, -0.1) is 0 Å². The first-order valence-corrected chi connectivity index (χ1v) is 10.8. The Kier molecular flexibility index (Phi) is 6.85. The molecule has 3 aromatic rings. The Bertz CT molecular complexity index is 1150. The van der Waals surface area contributed by atoms with E-state index in [0.29, 0.717) is 31.4 Å². The van der Waals surface area contributed by atoms with Crippen LogP contribution in [-0.2, 0) is 24.4 Å². The molecule has 0 saturated heterocycles. The van der Waals surface area contributed by atoms with Crippen LogP contribution in [-0.4, -0.2) is 22.9 Å². The number of halogens is 1. The highest BCUT2D eigenvalue weighted by atomic mass is 19.1. The maximum atomic E-state index is 14.3. The van der Waals surface area contributed by atoms with Crippen LogP contribution in [0.1, 0.15) is 24.0 Å². The molecule has 1 aliphatic rings. The van der Waals surface area contributed by atoms with E-state index in [1.807, 2.05) is 30.3 Å². The molecule has 1 aromatic heterocycles. The van der Waals surface area contributed by atoms with Gasteiger partial charge in [-0.3, -0.25) is 13.9 Å². The van der Waals surface area contributed by atoms with Gasteiger partial charge in [0, 0.05) is 13.2 Å². The summed E-state index contributed by atoms with van der Waals surface area (Å²) in [5, 5.41) is 0. The highest BCUT2D eigenvalue weighted by Crippen LogP contribution is 2.34. The smallest absolute Gasteiger partial charge is 0.331 e. The quantitative estimate of drug-likeness (QED) is 0.513. The van der Waals surface area contributed by atoms with Gasteiger partial charge in [-0.25, -0.2) is 4.79 Å². The summed E-state index contributed by atoms with van der Waals surface area (Å²) < 4.78 is 27.5. The minimum atomic E-state index is -0.917. The number of aromatic nitrogens is 2. The molecule has 0 atom stereocenters. The molecule has 0 amide bonds. The van der Waals surface area contributed by atoms with Crippen molar-refractivity contribution in [1.29, 1.82) is 0 Å². The van der Waals surface area contributed by atoms with Crippen molar-refractivity contribution in [3.05, 3.63) is 98.6 Å². The second-order valence-electron chi connectivity index (χ2n) is 8.36. The fraction of sp³-hybridized carbons (Fsp3) is 0.360. The van der Waals surface area contributed by atoms with E-state index < -0.39 is 17.1 Å². The molecule has 0 N–H and O–H groups in total. The summed E-state index contributed by atoms with van der Waals surface area (Å²) in [7, 11) is 1.56. The molecule has 168 valence electrons. The second kappa shape index (κ2) is 9.96. The summed E-state index contributed by atoms with van der Waals surface area (Å²) in [6.45, 7) is 1.67. The topological polar surface area (TPSA) is 62.5 Å². The first-order chi connectivity index (χ1) is 15.5. The number of hydrogen-bond acceptors (Lipinski definition) is 4. The second-order valence-corrected chi connectivity index (χ2v) is 8.36. The summed E-state index contributed by atoms with van der Waals surface area (Å²) in [4.78, 5) is 25.1. The molecular formula is C25H27FN2O4. The third kappa shape index (κ3) is 5.16. The SMILES string of the molecule is COc1ccc(Cn2c(=O)c(F)cn(CC3CC(COCc4ccccc4)C3)c2=O)cc1. The molecule has 0 radical (unpaired) electrons. The van der Waals surface area contributed by atoms with Gasteiger partial charge in [0.05, 0.1) is 26.5 Å². The van der Waals surface area contributed by atoms with Crippen LogP contribution < -0.4 is 16.0 Å². The Morgan fingerprint density at radius 3 is 2.38 bits per heavy atom. The molecule has 2 aromatic carbocycles. The predicted molar refractivity (Wildman–Crippen MR) is 119 cm³/mol. The van der Waals surface area contributed by atoms with Gasteiger partial charge in [0.1, 0.15) is 5.75 Å². The maximum Gasteiger partial charge on any atom is 0.331 e. The number of nitrogens with zero attached hydrogens (tertiary/aromatic N) is 2. The minimum absolute atomic E-state index is 0.0139. The number of ether oxygens (including phenoxy) is 2. The van der Waals surface area contributed by atoms with Gasteiger partial charge in [0.2, 0.25) is 5.82 Å². The van der Waals surface area contributed by atoms with Crippen LogP contribution in [0.5, 0.6) is 5.75 Å². The van der Waals surface area contributed by atoms with Crippen LogP contribution in [0, 0.1) is 17.7 Å². The lowest BCUT2D eigenvalue weighted by atomic mass is 9.75. The number of benzene rings is 2. The molecule has 6 nitrogen and oxygen atoms in total. The molecule has 0 spiro atoms. The van der Waals surface area contributed by atoms with Crippen LogP contribution in [0.2, 0.25) is 0 Å². The zero-order valence-corrected chi connectivity index (χ0v) is 18.1. The van der Waals surface area contributed by atoms with E-state index in [4.69, 9.17) is 9.47 Å².